The zero-order valence-electron chi connectivity index (χ0n) is 25.7. The normalized spacial score (nSPS) is 12.3. The summed E-state index contributed by atoms with van der Waals surface area (Å²) in [7, 11) is -6.21. The van der Waals surface area contributed by atoms with Crippen LogP contribution < -0.4 is 4.31 Å². The van der Waals surface area contributed by atoms with Crippen molar-refractivity contribution >= 4 is 74.9 Å². The molecule has 5 nitrogen and oxygen atoms in total. The Balaban J connectivity index is 2.22. The van der Waals surface area contributed by atoms with Gasteiger partial charge in [0.1, 0.15) is 14.7 Å². The Morgan fingerprint density at radius 3 is 1.98 bits per heavy atom. The molecular weight excluding hydrogens is 800 g/mol. The van der Waals surface area contributed by atoms with E-state index >= 15 is 0 Å². The van der Waals surface area contributed by atoms with E-state index in [2.05, 4.69) is 98.2 Å². The summed E-state index contributed by atoms with van der Waals surface area (Å²) in [5.74, 6) is 2.87. The highest BCUT2D eigenvalue weighted by atomic mass is 127. The predicted molar refractivity (Wildman–Crippen MR) is 196 cm³/mol. The Morgan fingerprint density at radius 2 is 1.44 bits per heavy atom. The fourth-order valence-electron chi connectivity index (χ4n) is 5.41. The molecular formula is C34H39I2NO4SSi. The molecule has 0 aromatic heterocycles. The lowest BCUT2D eigenvalue weighted by atomic mass is 10.2. The second kappa shape index (κ2) is 15.2. The van der Waals surface area contributed by atoms with Crippen molar-refractivity contribution in [3.63, 3.8) is 0 Å². The van der Waals surface area contributed by atoms with Gasteiger partial charge in [-0.3, -0.25) is 0 Å². The topological polar surface area (TPSA) is 63.7 Å². The molecule has 0 saturated heterocycles. The molecule has 0 amide bonds. The van der Waals surface area contributed by atoms with E-state index in [9.17, 15) is 13.2 Å². The molecule has 0 saturated carbocycles. The lowest BCUT2D eigenvalue weighted by Crippen LogP contribution is -2.43. The van der Waals surface area contributed by atoms with Crippen molar-refractivity contribution in [2.75, 3.05) is 10.9 Å². The van der Waals surface area contributed by atoms with Crippen LogP contribution in [0, 0.1) is 25.5 Å². The SMILES string of the molecule is Cc1ccc(S(=O)(=O)N(/C=C(\C#C[Si](C(C)C)(C(C)C)C(C)C)COC(=O)c2ccccc2I)c2ccc(I)cc2)cc1. The van der Waals surface area contributed by atoms with E-state index in [-0.39, 0.29) is 11.5 Å². The van der Waals surface area contributed by atoms with Crippen LogP contribution >= 0.6 is 45.2 Å². The maximum atomic E-state index is 14.1. The van der Waals surface area contributed by atoms with Gasteiger partial charge in [0.25, 0.3) is 10.0 Å². The number of rotatable bonds is 10. The molecule has 0 aliphatic rings. The van der Waals surface area contributed by atoms with E-state index in [4.69, 9.17) is 4.74 Å². The van der Waals surface area contributed by atoms with Gasteiger partial charge in [-0.1, -0.05) is 77.3 Å². The van der Waals surface area contributed by atoms with Crippen molar-refractivity contribution < 1.29 is 17.9 Å². The van der Waals surface area contributed by atoms with E-state index < -0.39 is 24.1 Å². The van der Waals surface area contributed by atoms with Crippen LogP contribution in [-0.4, -0.2) is 29.1 Å². The van der Waals surface area contributed by atoms with Crippen LogP contribution in [-0.2, 0) is 14.8 Å². The Bertz CT molecular complexity index is 1600. The summed E-state index contributed by atoms with van der Waals surface area (Å²) in [6.45, 7) is 15.1. The van der Waals surface area contributed by atoms with Gasteiger partial charge >= 0.3 is 5.97 Å². The van der Waals surface area contributed by atoms with E-state index in [1.54, 1.807) is 48.5 Å². The summed E-state index contributed by atoms with van der Waals surface area (Å²) < 4.78 is 37.0. The second-order valence-electron chi connectivity index (χ2n) is 11.4. The Labute approximate surface area is 285 Å². The van der Waals surface area contributed by atoms with Crippen molar-refractivity contribution in [1.82, 2.24) is 0 Å². The highest BCUT2D eigenvalue weighted by Gasteiger charge is 2.41. The van der Waals surface area contributed by atoms with Gasteiger partial charge in [0.15, 0.2) is 0 Å². The van der Waals surface area contributed by atoms with E-state index in [1.807, 2.05) is 31.2 Å². The monoisotopic (exact) mass is 839 g/mol. The number of nitrogens with zero attached hydrogens (tertiary/aromatic N) is 1. The number of hydrogen-bond acceptors (Lipinski definition) is 4. The standard InChI is InChI=1S/C34H39I2NO4SSi/c1-24(2)43(25(3)4,26(5)6)21-20-28(23-41-34(38)32-10-8-9-11-33(32)36)22-37(30-16-14-29(35)15-17-30)42(39,40)31-18-12-27(7)13-19-31/h8-19,22,24-26H,23H2,1-7H3/b28-22+. The van der Waals surface area contributed by atoms with Gasteiger partial charge in [0.2, 0.25) is 0 Å². The third-order valence-electron chi connectivity index (χ3n) is 7.69. The molecule has 0 aliphatic heterocycles. The number of benzene rings is 3. The summed E-state index contributed by atoms with van der Waals surface area (Å²) in [5, 5.41) is 0. The molecule has 0 heterocycles. The number of carbonyl (C=O) groups is 1. The van der Waals surface area contributed by atoms with Crippen LogP contribution in [0.25, 0.3) is 0 Å². The smallest absolute Gasteiger partial charge is 0.339 e. The number of anilines is 1. The Morgan fingerprint density at radius 1 is 0.884 bits per heavy atom. The summed E-state index contributed by atoms with van der Waals surface area (Å²) in [4.78, 5) is 13.3. The molecule has 0 atom stereocenters. The van der Waals surface area contributed by atoms with Crippen molar-refractivity contribution in [2.45, 2.75) is 70.0 Å². The minimum absolute atomic E-state index is 0.159. The molecule has 0 fully saturated rings. The van der Waals surface area contributed by atoms with Crippen molar-refractivity contribution in [2.24, 2.45) is 0 Å². The van der Waals surface area contributed by atoms with Gasteiger partial charge in [0.05, 0.1) is 21.7 Å². The lowest BCUT2D eigenvalue weighted by molar-refractivity contribution is 0.0542. The maximum Gasteiger partial charge on any atom is 0.339 e. The van der Waals surface area contributed by atoms with Crippen LogP contribution in [0.2, 0.25) is 16.6 Å². The number of hydrogen-bond donors (Lipinski definition) is 0. The minimum Gasteiger partial charge on any atom is -0.456 e. The first-order valence-electron chi connectivity index (χ1n) is 14.2. The zero-order valence-corrected chi connectivity index (χ0v) is 31.8. The predicted octanol–water partition coefficient (Wildman–Crippen LogP) is 9.36. The third-order valence-corrected chi connectivity index (χ3v) is 17.3. The summed E-state index contributed by atoms with van der Waals surface area (Å²) in [6.07, 6.45) is 1.52. The molecule has 9 heteroatoms. The van der Waals surface area contributed by atoms with Crippen LogP contribution in [0.15, 0.2) is 89.5 Å². The maximum absolute atomic E-state index is 14.1. The first-order chi connectivity index (χ1) is 20.2. The number of ether oxygens (including phenoxy) is 1. The Kier molecular flexibility index (Phi) is 12.5. The summed E-state index contributed by atoms with van der Waals surface area (Å²) in [6, 6.07) is 21.2. The van der Waals surface area contributed by atoms with Gasteiger partial charge < -0.3 is 4.74 Å². The third kappa shape index (κ3) is 8.52. The lowest BCUT2D eigenvalue weighted by Gasteiger charge is -2.38. The molecule has 43 heavy (non-hydrogen) atoms. The largest absolute Gasteiger partial charge is 0.456 e. The molecule has 0 bridgehead atoms. The molecule has 0 aliphatic carbocycles. The molecule has 3 aromatic rings. The van der Waals surface area contributed by atoms with Gasteiger partial charge in [-0.2, -0.15) is 0 Å². The number of esters is 1. The van der Waals surface area contributed by atoms with E-state index in [1.165, 1.54) is 10.5 Å². The molecule has 228 valence electrons. The van der Waals surface area contributed by atoms with Crippen LogP contribution in [0.5, 0.6) is 0 Å². The van der Waals surface area contributed by atoms with Crippen molar-refractivity contribution in [3.05, 3.63) is 103 Å². The molecule has 0 unspecified atom stereocenters. The quantitative estimate of drug-likeness (QED) is 0.0885. The molecule has 0 N–H and O–H groups in total. The average molecular weight is 840 g/mol. The van der Waals surface area contributed by atoms with Crippen molar-refractivity contribution in [1.29, 1.82) is 0 Å². The van der Waals surface area contributed by atoms with Crippen molar-refractivity contribution in [3.8, 4) is 11.5 Å². The van der Waals surface area contributed by atoms with Gasteiger partial charge in [-0.25, -0.2) is 17.5 Å². The van der Waals surface area contributed by atoms with Crippen LogP contribution in [0.1, 0.15) is 57.5 Å². The second-order valence-corrected chi connectivity index (χ2v) is 21.3. The summed E-state index contributed by atoms with van der Waals surface area (Å²) in [5.41, 5.74) is 7.08. The molecule has 0 radical (unpaired) electrons. The fourth-order valence-corrected chi connectivity index (χ4v) is 13.0. The fraction of sp³-hybridized carbons (Fsp3) is 0.324. The first kappa shape index (κ1) is 35.3. The molecule has 3 rings (SSSR count). The number of sulfonamides is 1. The average Bonchev–Trinajstić information content (AvgIpc) is 2.94. The van der Waals surface area contributed by atoms with Gasteiger partial charge in [-0.05, 0) is 117 Å². The summed E-state index contributed by atoms with van der Waals surface area (Å²) >= 11 is 4.30. The van der Waals surface area contributed by atoms with E-state index in [0.717, 1.165) is 12.7 Å². The highest BCUT2D eigenvalue weighted by molar-refractivity contribution is 14.1. The van der Waals surface area contributed by atoms with Crippen LogP contribution in [0.3, 0.4) is 0 Å². The minimum atomic E-state index is -4.02. The Hall–Kier alpha value is -2.14. The van der Waals surface area contributed by atoms with Gasteiger partial charge in [-0.15, -0.1) is 5.54 Å². The number of aryl methyl sites for hydroxylation is 1. The molecule has 0 spiro atoms. The zero-order chi connectivity index (χ0) is 31.9. The first-order valence-corrected chi connectivity index (χ1v) is 20.0. The number of carbonyl (C=O) groups excluding carboxylic acids is 1. The van der Waals surface area contributed by atoms with Gasteiger partial charge in [0, 0.05) is 13.3 Å². The number of halogens is 2. The van der Waals surface area contributed by atoms with Crippen LogP contribution in [0.4, 0.5) is 5.69 Å². The highest BCUT2D eigenvalue weighted by Crippen LogP contribution is 2.41. The van der Waals surface area contributed by atoms with E-state index in [0.29, 0.717) is 33.4 Å². The molecule has 3 aromatic carbocycles.